The van der Waals surface area contributed by atoms with Crippen LogP contribution in [0.5, 0.6) is 0 Å². The Labute approximate surface area is 115 Å². The molecule has 0 unspecified atom stereocenters. The van der Waals surface area contributed by atoms with Crippen molar-refractivity contribution in [1.82, 2.24) is 14.8 Å². The smallest absolute Gasteiger partial charge is 0.304 e. The molecule has 0 aliphatic carbocycles. The van der Waals surface area contributed by atoms with Gasteiger partial charge in [-0.2, -0.15) is 5.10 Å². The molecule has 0 saturated heterocycles. The second-order valence-corrected chi connectivity index (χ2v) is 5.76. The van der Waals surface area contributed by atoms with Crippen molar-refractivity contribution in [2.24, 2.45) is 0 Å². The zero-order valence-electron chi connectivity index (χ0n) is 10.3. The van der Waals surface area contributed by atoms with Gasteiger partial charge in [-0.15, -0.1) is 0 Å². The Hall–Kier alpha value is -2.42. The number of aliphatic carboxylic acids is 1. The van der Waals surface area contributed by atoms with E-state index in [1.807, 2.05) is 0 Å². The van der Waals surface area contributed by atoms with Crippen molar-refractivity contribution in [3.05, 3.63) is 36.9 Å². The van der Waals surface area contributed by atoms with E-state index in [1.165, 1.54) is 17.3 Å². The lowest BCUT2D eigenvalue weighted by molar-refractivity contribution is -0.136. The van der Waals surface area contributed by atoms with Crippen molar-refractivity contribution >= 4 is 21.7 Å². The van der Waals surface area contributed by atoms with Gasteiger partial charge in [0.2, 0.25) is 10.0 Å². The van der Waals surface area contributed by atoms with Gasteiger partial charge in [-0.1, -0.05) is 12.1 Å². The number of carboxylic acids is 1. The molecule has 1 aromatic carbocycles. The minimum Gasteiger partial charge on any atom is -0.481 e. The topological polar surface area (TPSA) is 114 Å². The highest BCUT2D eigenvalue weighted by Crippen LogP contribution is 2.20. The average Bonchev–Trinajstić information content (AvgIpc) is 2.90. The number of nitrogens with zero attached hydrogens (tertiary/aromatic N) is 3. The highest BCUT2D eigenvalue weighted by Gasteiger charge is 2.15. The van der Waals surface area contributed by atoms with Gasteiger partial charge < -0.3 is 5.11 Å². The summed E-state index contributed by atoms with van der Waals surface area (Å²) in [5.41, 5.74) is 0.812. The van der Waals surface area contributed by atoms with Crippen molar-refractivity contribution in [2.75, 3.05) is 10.5 Å². The second kappa shape index (κ2) is 5.70. The molecule has 8 nitrogen and oxygen atoms in total. The zero-order chi connectivity index (χ0) is 14.6. The SMILES string of the molecule is O=C(O)CCS(=O)(=O)Nc1ccccc1-n1cncn1. The predicted octanol–water partition coefficient (Wildman–Crippen LogP) is 0.484. The summed E-state index contributed by atoms with van der Waals surface area (Å²) in [7, 11) is -3.74. The van der Waals surface area contributed by atoms with Crippen LogP contribution >= 0.6 is 0 Å². The van der Waals surface area contributed by atoms with E-state index in [-0.39, 0.29) is 0 Å². The quantitative estimate of drug-likeness (QED) is 0.801. The molecule has 0 aliphatic rings. The third-order valence-electron chi connectivity index (χ3n) is 2.42. The first-order valence-electron chi connectivity index (χ1n) is 5.64. The van der Waals surface area contributed by atoms with Gasteiger partial charge in [-0.05, 0) is 12.1 Å². The Morgan fingerprint density at radius 2 is 2.10 bits per heavy atom. The third kappa shape index (κ3) is 3.54. The monoisotopic (exact) mass is 296 g/mol. The highest BCUT2D eigenvalue weighted by atomic mass is 32.2. The van der Waals surface area contributed by atoms with Gasteiger partial charge in [0.15, 0.2) is 0 Å². The Balaban J connectivity index is 2.24. The largest absolute Gasteiger partial charge is 0.481 e. The van der Waals surface area contributed by atoms with Crippen molar-refractivity contribution in [2.45, 2.75) is 6.42 Å². The Kier molecular flexibility index (Phi) is 3.99. The van der Waals surface area contributed by atoms with E-state index in [2.05, 4.69) is 14.8 Å². The Morgan fingerprint density at radius 1 is 1.35 bits per heavy atom. The summed E-state index contributed by atoms with van der Waals surface area (Å²) in [5.74, 6) is -1.66. The Bertz CT molecular complexity index is 697. The first-order valence-corrected chi connectivity index (χ1v) is 7.29. The minimum atomic E-state index is -3.74. The molecule has 0 atom stereocenters. The standard InChI is InChI=1S/C11H12N4O4S/c16-11(17)5-6-20(18,19)14-9-3-1-2-4-10(9)15-8-12-7-13-15/h1-4,7-8,14H,5-6H2,(H,16,17). The van der Waals surface area contributed by atoms with Gasteiger partial charge in [0.1, 0.15) is 12.7 Å². The van der Waals surface area contributed by atoms with E-state index in [9.17, 15) is 13.2 Å². The number of rotatable bonds is 6. The van der Waals surface area contributed by atoms with Crippen molar-refractivity contribution in [1.29, 1.82) is 0 Å². The van der Waals surface area contributed by atoms with E-state index in [0.29, 0.717) is 11.4 Å². The molecule has 0 spiro atoms. The van der Waals surface area contributed by atoms with Crippen molar-refractivity contribution in [3.63, 3.8) is 0 Å². The summed E-state index contributed by atoms with van der Waals surface area (Å²) in [4.78, 5) is 14.2. The molecular weight excluding hydrogens is 284 g/mol. The van der Waals surface area contributed by atoms with Crippen LogP contribution in [0.25, 0.3) is 5.69 Å². The first-order chi connectivity index (χ1) is 9.48. The molecule has 2 aromatic rings. The number of sulfonamides is 1. The fraction of sp³-hybridized carbons (Fsp3) is 0.182. The molecule has 106 valence electrons. The summed E-state index contributed by atoms with van der Waals surface area (Å²) in [5, 5.41) is 12.5. The van der Waals surface area contributed by atoms with Crippen molar-refractivity contribution in [3.8, 4) is 5.69 Å². The highest BCUT2D eigenvalue weighted by molar-refractivity contribution is 7.92. The van der Waals surface area contributed by atoms with E-state index >= 15 is 0 Å². The Morgan fingerprint density at radius 3 is 2.75 bits per heavy atom. The number of anilines is 1. The van der Waals surface area contributed by atoms with Crippen LogP contribution in [-0.2, 0) is 14.8 Å². The maximum Gasteiger partial charge on any atom is 0.304 e. The second-order valence-electron chi connectivity index (χ2n) is 3.92. The molecule has 2 N–H and O–H groups in total. The molecule has 0 fully saturated rings. The van der Waals surface area contributed by atoms with Gasteiger partial charge in [0, 0.05) is 0 Å². The molecule has 0 radical (unpaired) electrons. The first kappa shape index (κ1) is 14.0. The molecule has 0 bridgehead atoms. The molecule has 0 amide bonds. The number of benzene rings is 1. The van der Waals surface area contributed by atoms with Gasteiger partial charge in [-0.25, -0.2) is 18.1 Å². The van der Waals surface area contributed by atoms with Crippen LogP contribution in [0, 0.1) is 0 Å². The summed E-state index contributed by atoms with van der Waals surface area (Å²) < 4.78 is 27.4. The van der Waals surface area contributed by atoms with E-state index in [4.69, 9.17) is 5.11 Å². The lowest BCUT2D eigenvalue weighted by atomic mass is 10.3. The summed E-state index contributed by atoms with van der Waals surface area (Å²) in [6.45, 7) is 0. The lowest BCUT2D eigenvalue weighted by Crippen LogP contribution is -2.20. The molecule has 2 rings (SSSR count). The molecule has 0 saturated carbocycles. The third-order valence-corrected chi connectivity index (χ3v) is 3.69. The number of carbonyl (C=O) groups is 1. The van der Waals surface area contributed by atoms with Crippen LogP contribution in [0.4, 0.5) is 5.69 Å². The lowest BCUT2D eigenvalue weighted by Gasteiger charge is -2.11. The molecule has 1 aromatic heterocycles. The van der Waals surface area contributed by atoms with Crippen LogP contribution < -0.4 is 4.72 Å². The van der Waals surface area contributed by atoms with Crippen LogP contribution in [0.3, 0.4) is 0 Å². The predicted molar refractivity (Wildman–Crippen MR) is 71.0 cm³/mol. The number of nitrogens with one attached hydrogen (secondary N) is 1. The summed E-state index contributed by atoms with van der Waals surface area (Å²) >= 11 is 0. The van der Waals surface area contributed by atoms with Gasteiger partial charge in [0.05, 0.1) is 23.5 Å². The fourth-order valence-corrected chi connectivity index (χ4v) is 2.59. The van der Waals surface area contributed by atoms with Gasteiger partial charge >= 0.3 is 5.97 Å². The van der Waals surface area contributed by atoms with E-state index in [1.54, 1.807) is 24.3 Å². The van der Waals surface area contributed by atoms with Crippen LogP contribution in [0.15, 0.2) is 36.9 Å². The minimum absolute atomic E-state index is 0.309. The van der Waals surface area contributed by atoms with Gasteiger partial charge in [-0.3, -0.25) is 9.52 Å². The van der Waals surface area contributed by atoms with Crippen molar-refractivity contribution < 1.29 is 18.3 Å². The molecule has 0 aliphatic heterocycles. The van der Waals surface area contributed by atoms with Crippen LogP contribution in [-0.4, -0.2) is 40.0 Å². The summed E-state index contributed by atoms with van der Waals surface area (Å²) in [6.07, 6.45) is 2.31. The van der Waals surface area contributed by atoms with E-state index < -0.39 is 28.2 Å². The number of hydrogen-bond donors (Lipinski definition) is 2. The normalized spacial score (nSPS) is 11.2. The molecular formula is C11H12N4O4S. The van der Waals surface area contributed by atoms with E-state index in [0.717, 1.165) is 0 Å². The number of para-hydroxylation sites is 2. The molecule has 20 heavy (non-hydrogen) atoms. The number of aromatic nitrogens is 3. The number of hydrogen-bond acceptors (Lipinski definition) is 5. The van der Waals surface area contributed by atoms with Crippen LogP contribution in [0.1, 0.15) is 6.42 Å². The fourth-order valence-electron chi connectivity index (χ4n) is 1.53. The molecule has 1 heterocycles. The maximum atomic E-state index is 11.8. The number of carboxylic acid groups (broad SMARTS) is 1. The van der Waals surface area contributed by atoms with Crippen LogP contribution in [0.2, 0.25) is 0 Å². The van der Waals surface area contributed by atoms with Gasteiger partial charge in [0.25, 0.3) is 0 Å². The summed E-state index contributed by atoms with van der Waals surface area (Å²) in [6, 6.07) is 6.63. The maximum absolute atomic E-state index is 11.8. The zero-order valence-corrected chi connectivity index (χ0v) is 11.1. The average molecular weight is 296 g/mol. The molecule has 9 heteroatoms.